The number of aromatic nitrogens is 3. The van der Waals surface area contributed by atoms with E-state index in [1.54, 1.807) is 34.3 Å². The summed E-state index contributed by atoms with van der Waals surface area (Å²) in [6, 6.07) is 7.95. The second kappa shape index (κ2) is 8.83. The van der Waals surface area contributed by atoms with E-state index in [-0.39, 0.29) is 23.3 Å². The molecule has 1 saturated heterocycles. The number of aryl methyl sites for hydroxylation is 1. The molecule has 1 aliphatic rings. The lowest BCUT2D eigenvalue weighted by Crippen LogP contribution is -2.40. The van der Waals surface area contributed by atoms with Crippen LogP contribution >= 0.6 is 11.3 Å². The van der Waals surface area contributed by atoms with E-state index in [2.05, 4.69) is 26.4 Å². The molecule has 1 fully saturated rings. The average Bonchev–Trinajstić information content (AvgIpc) is 3.35. The minimum absolute atomic E-state index is 0.175. The molecule has 2 atom stereocenters. The lowest BCUT2D eigenvalue weighted by Gasteiger charge is -2.35. The second-order valence-electron chi connectivity index (χ2n) is 7.54. The Morgan fingerprint density at radius 3 is 2.84 bits per heavy atom. The number of nitrogens with zero attached hydrogens (tertiary/aromatic N) is 5. The van der Waals surface area contributed by atoms with Crippen LogP contribution in [0.2, 0.25) is 0 Å². The van der Waals surface area contributed by atoms with Crippen molar-refractivity contribution in [2.75, 3.05) is 18.4 Å². The van der Waals surface area contributed by atoms with Gasteiger partial charge in [-0.3, -0.25) is 14.4 Å². The van der Waals surface area contributed by atoms with Gasteiger partial charge in [-0.2, -0.15) is 10.4 Å². The van der Waals surface area contributed by atoms with Gasteiger partial charge in [0.2, 0.25) is 0 Å². The molecule has 2 aromatic heterocycles. The molecular formula is C21H22FN7OS. The Labute approximate surface area is 183 Å². The van der Waals surface area contributed by atoms with E-state index in [0.717, 1.165) is 18.1 Å². The van der Waals surface area contributed by atoms with Crippen molar-refractivity contribution in [2.24, 2.45) is 11.7 Å². The summed E-state index contributed by atoms with van der Waals surface area (Å²) in [7, 11) is 0. The fourth-order valence-corrected chi connectivity index (χ4v) is 4.63. The van der Waals surface area contributed by atoms with Gasteiger partial charge < -0.3 is 11.1 Å². The molecule has 10 heteroatoms. The van der Waals surface area contributed by atoms with Gasteiger partial charge >= 0.3 is 0 Å². The van der Waals surface area contributed by atoms with Crippen molar-refractivity contribution in [3.05, 3.63) is 57.9 Å². The zero-order valence-electron chi connectivity index (χ0n) is 17.0. The number of primary amides is 1. The summed E-state index contributed by atoms with van der Waals surface area (Å²) in [5.41, 5.74) is 6.35. The molecular weight excluding hydrogens is 417 g/mol. The lowest BCUT2D eigenvalue weighted by atomic mass is 9.93. The van der Waals surface area contributed by atoms with E-state index in [4.69, 9.17) is 5.73 Å². The Hall–Kier alpha value is -3.29. The number of nitriles is 1. The molecule has 3 N–H and O–H groups in total. The van der Waals surface area contributed by atoms with Gasteiger partial charge in [0.05, 0.1) is 23.0 Å². The highest BCUT2D eigenvalue weighted by Crippen LogP contribution is 2.31. The first-order valence-electron chi connectivity index (χ1n) is 9.87. The van der Waals surface area contributed by atoms with E-state index in [9.17, 15) is 14.4 Å². The zero-order valence-corrected chi connectivity index (χ0v) is 17.8. The maximum Gasteiger partial charge on any atom is 0.254 e. The highest BCUT2D eigenvalue weighted by atomic mass is 32.1. The molecule has 1 aliphatic heterocycles. The van der Waals surface area contributed by atoms with Crippen molar-refractivity contribution in [3.8, 4) is 6.07 Å². The fraction of sp³-hybridized carbons (Fsp3) is 0.333. The first kappa shape index (κ1) is 21.0. The van der Waals surface area contributed by atoms with E-state index in [1.807, 2.05) is 13.1 Å². The Bertz CT molecular complexity index is 1120. The molecule has 1 unspecified atom stereocenters. The van der Waals surface area contributed by atoms with Crippen LogP contribution in [0, 0.1) is 30.0 Å². The smallest absolute Gasteiger partial charge is 0.254 e. The summed E-state index contributed by atoms with van der Waals surface area (Å²) in [5.74, 6) is -0.980. The van der Waals surface area contributed by atoms with Crippen LogP contribution < -0.4 is 11.1 Å². The number of anilines is 2. The normalized spacial score (nSPS) is 19.1. The standard InChI is InChI=1S/C21H22FN7OS/c1-13-25-9-17(31-13)11-28-7-6-19(14(8-23)10-28)29-12-18(20(24)30)21(27-29)26-16-4-2-15(22)3-5-16/h2-5,9,12,14,19H,6-7,10-11H2,1H3,(H2,24,30)(H,26,27)/t14-,19?/m1/s1. The molecule has 1 amide bonds. The highest BCUT2D eigenvalue weighted by Gasteiger charge is 2.32. The van der Waals surface area contributed by atoms with Gasteiger partial charge in [0.25, 0.3) is 5.91 Å². The van der Waals surface area contributed by atoms with Crippen molar-refractivity contribution in [1.29, 1.82) is 5.26 Å². The topological polar surface area (TPSA) is 113 Å². The average molecular weight is 440 g/mol. The molecule has 8 nitrogen and oxygen atoms in total. The number of carbonyl (C=O) groups excluding carboxylic acids is 1. The number of likely N-dealkylation sites (tertiary alicyclic amines) is 1. The minimum atomic E-state index is -0.623. The van der Waals surface area contributed by atoms with Crippen LogP contribution in [0.15, 0.2) is 36.7 Å². The van der Waals surface area contributed by atoms with Crippen LogP contribution in [0.3, 0.4) is 0 Å². The highest BCUT2D eigenvalue weighted by molar-refractivity contribution is 7.11. The Balaban J connectivity index is 1.52. The van der Waals surface area contributed by atoms with Crippen LogP contribution in [-0.2, 0) is 6.54 Å². The lowest BCUT2D eigenvalue weighted by molar-refractivity contribution is 0.100. The predicted molar refractivity (Wildman–Crippen MR) is 115 cm³/mol. The minimum Gasteiger partial charge on any atom is -0.365 e. The van der Waals surface area contributed by atoms with Crippen LogP contribution in [0.5, 0.6) is 0 Å². The summed E-state index contributed by atoms with van der Waals surface area (Å²) in [6.45, 7) is 4.14. The van der Waals surface area contributed by atoms with Crippen LogP contribution in [-0.4, -0.2) is 38.7 Å². The number of halogens is 1. The van der Waals surface area contributed by atoms with Gasteiger partial charge in [-0.25, -0.2) is 9.37 Å². The van der Waals surface area contributed by atoms with Crippen LogP contribution in [0.4, 0.5) is 15.9 Å². The van der Waals surface area contributed by atoms with Gasteiger partial charge in [-0.1, -0.05) is 0 Å². The molecule has 1 aromatic carbocycles. The summed E-state index contributed by atoms with van der Waals surface area (Å²) in [4.78, 5) is 19.7. The van der Waals surface area contributed by atoms with Gasteiger partial charge in [0.1, 0.15) is 11.4 Å². The maximum atomic E-state index is 13.2. The number of benzene rings is 1. The largest absolute Gasteiger partial charge is 0.365 e. The first-order valence-corrected chi connectivity index (χ1v) is 10.7. The van der Waals surface area contributed by atoms with E-state index in [0.29, 0.717) is 24.5 Å². The summed E-state index contributed by atoms with van der Waals surface area (Å²) in [6.07, 6.45) is 4.19. The summed E-state index contributed by atoms with van der Waals surface area (Å²) >= 11 is 1.66. The van der Waals surface area contributed by atoms with Crippen molar-refractivity contribution in [1.82, 2.24) is 19.7 Å². The second-order valence-corrected chi connectivity index (χ2v) is 8.86. The third-order valence-corrected chi connectivity index (χ3v) is 6.22. The number of hydrogen-bond donors (Lipinski definition) is 2. The quantitative estimate of drug-likeness (QED) is 0.610. The van der Waals surface area contributed by atoms with E-state index >= 15 is 0 Å². The third-order valence-electron chi connectivity index (χ3n) is 5.32. The predicted octanol–water partition coefficient (Wildman–Crippen LogP) is 3.22. The fourth-order valence-electron chi connectivity index (χ4n) is 3.80. The Morgan fingerprint density at radius 1 is 1.42 bits per heavy atom. The van der Waals surface area contributed by atoms with Gasteiger partial charge in [0, 0.05) is 42.6 Å². The summed E-state index contributed by atoms with van der Waals surface area (Å²) in [5, 5.41) is 18.3. The van der Waals surface area contributed by atoms with Crippen LogP contribution in [0.1, 0.15) is 32.7 Å². The molecule has 0 spiro atoms. The number of hydrogen-bond acceptors (Lipinski definition) is 7. The maximum absolute atomic E-state index is 13.2. The molecule has 0 bridgehead atoms. The number of carbonyl (C=O) groups is 1. The number of piperidine rings is 1. The van der Waals surface area contributed by atoms with Crippen LogP contribution in [0.25, 0.3) is 0 Å². The zero-order chi connectivity index (χ0) is 22.0. The van der Waals surface area contributed by atoms with Gasteiger partial charge in [-0.15, -0.1) is 11.3 Å². The van der Waals surface area contributed by atoms with Gasteiger partial charge in [-0.05, 0) is 37.6 Å². The molecule has 0 radical (unpaired) electrons. The molecule has 0 aliphatic carbocycles. The number of thiazole rings is 1. The van der Waals surface area contributed by atoms with Crippen molar-refractivity contribution >= 4 is 28.7 Å². The van der Waals surface area contributed by atoms with E-state index < -0.39 is 5.91 Å². The molecule has 31 heavy (non-hydrogen) atoms. The molecule has 0 saturated carbocycles. The Morgan fingerprint density at radius 2 is 2.19 bits per heavy atom. The summed E-state index contributed by atoms with van der Waals surface area (Å²) < 4.78 is 14.8. The first-order chi connectivity index (χ1) is 14.9. The Kier molecular flexibility index (Phi) is 5.97. The van der Waals surface area contributed by atoms with Gasteiger partial charge in [0.15, 0.2) is 5.82 Å². The number of nitrogens with two attached hydrogens (primary N) is 1. The number of rotatable bonds is 6. The van der Waals surface area contributed by atoms with E-state index in [1.165, 1.54) is 17.0 Å². The molecule has 3 aromatic rings. The number of nitrogens with one attached hydrogen (secondary N) is 1. The number of amides is 1. The van der Waals surface area contributed by atoms with Crippen molar-refractivity contribution in [2.45, 2.75) is 25.9 Å². The van der Waals surface area contributed by atoms with Crippen molar-refractivity contribution in [3.63, 3.8) is 0 Å². The monoisotopic (exact) mass is 439 g/mol. The molecule has 3 heterocycles. The SMILES string of the molecule is Cc1ncc(CN2CCC(n3cc(C(N)=O)c(Nc4ccc(F)cc4)n3)[C@H](C#N)C2)s1. The molecule has 4 rings (SSSR count). The van der Waals surface area contributed by atoms with Crippen molar-refractivity contribution < 1.29 is 9.18 Å². The third kappa shape index (κ3) is 4.73. The molecule has 160 valence electrons.